The Morgan fingerprint density at radius 3 is 2.63 bits per heavy atom. The second kappa shape index (κ2) is 7.96. The normalized spacial score (nSPS) is 15.8. The first-order chi connectivity index (χ1) is 13.0. The standard InChI is InChI=1S/C19H21N3O5/c1-12-11-27-17-9-13(18(23)21-25)3-4-14(17)10-22(12)19(24)20-15-5-7-16(26-2)8-6-15/h3-9,12,25H,10-11H2,1-2H3,(H,20,24)(H,21,23). The molecular formula is C19H21N3O5. The van der Waals surface area contributed by atoms with Crippen LogP contribution >= 0.6 is 0 Å². The van der Waals surface area contributed by atoms with Gasteiger partial charge in [0.15, 0.2) is 0 Å². The molecule has 1 unspecified atom stereocenters. The Morgan fingerprint density at radius 1 is 1.22 bits per heavy atom. The number of amides is 3. The number of fused-ring (bicyclic) bond motifs is 1. The summed E-state index contributed by atoms with van der Waals surface area (Å²) >= 11 is 0. The van der Waals surface area contributed by atoms with E-state index in [1.165, 1.54) is 0 Å². The predicted molar refractivity (Wildman–Crippen MR) is 98.2 cm³/mol. The average Bonchev–Trinajstić information content (AvgIpc) is 2.86. The van der Waals surface area contributed by atoms with Gasteiger partial charge in [-0.15, -0.1) is 0 Å². The minimum Gasteiger partial charge on any atom is -0.497 e. The highest BCUT2D eigenvalue weighted by atomic mass is 16.5. The van der Waals surface area contributed by atoms with Crippen molar-refractivity contribution in [2.75, 3.05) is 19.0 Å². The third-order valence-electron chi connectivity index (χ3n) is 4.39. The van der Waals surface area contributed by atoms with E-state index in [0.29, 0.717) is 23.7 Å². The molecule has 142 valence electrons. The maximum Gasteiger partial charge on any atom is 0.322 e. The van der Waals surface area contributed by atoms with Gasteiger partial charge >= 0.3 is 6.03 Å². The summed E-state index contributed by atoms with van der Waals surface area (Å²) in [5.41, 5.74) is 3.31. The highest BCUT2D eigenvalue weighted by Crippen LogP contribution is 2.27. The Labute approximate surface area is 156 Å². The van der Waals surface area contributed by atoms with E-state index in [2.05, 4.69) is 5.32 Å². The first-order valence-corrected chi connectivity index (χ1v) is 8.43. The molecule has 0 saturated heterocycles. The molecule has 1 aliphatic rings. The van der Waals surface area contributed by atoms with Crippen LogP contribution in [0.4, 0.5) is 10.5 Å². The van der Waals surface area contributed by atoms with Gasteiger partial charge in [-0.25, -0.2) is 10.3 Å². The predicted octanol–water partition coefficient (Wildman–Crippen LogP) is 2.63. The van der Waals surface area contributed by atoms with Gasteiger partial charge in [0.05, 0.1) is 19.7 Å². The number of hydroxylamine groups is 1. The van der Waals surface area contributed by atoms with Crippen LogP contribution in [0.3, 0.4) is 0 Å². The lowest BCUT2D eigenvalue weighted by atomic mass is 10.1. The first-order valence-electron chi connectivity index (χ1n) is 8.43. The van der Waals surface area contributed by atoms with Crippen molar-refractivity contribution < 1.29 is 24.3 Å². The van der Waals surface area contributed by atoms with Gasteiger partial charge in [0.1, 0.15) is 18.1 Å². The number of urea groups is 1. The molecule has 2 aromatic rings. The molecule has 2 aromatic carbocycles. The van der Waals surface area contributed by atoms with Gasteiger partial charge in [-0.3, -0.25) is 10.0 Å². The van der Waals surface area contributed by atoms with Gasteiger partial charge in [0, 0.05) is 16.8 Å². The van der Waals surface area contributed by atoms with Crippen LogP contribution in [0, 0.1) is 0 Å². The molecule has 0 bridgehead atoms. The van der Waals surface area contributed by atoms with Crippen LogP contribution in [0.15, 0.2) is 42.5 Å². The maximum absolute atomic E-state index is 12.7. The second-order valence-corrected chi connectivity index (χ2v) is 6.21. The monoisotopic (exact) mass is 371 g/mol. The molecular weight excluding hydrogens is 350 g/mol. The van der Waals surface area contributed by atoms with Crippen molar-refractivity contribution in [3.63, 3.8) is 0 Å². The van der Waals surface area contributed by atoms with E-state index in [4.69, 9.17) is 14.7 Å². The molecule has 0 fully saturated rings. The molecule has 0 spiro atoms. The highest BCUT2D eigenvalue weighted by molar-refractivity contribution is 5.94. The minimum atomic E-state index is -0.618. The van der Waals surface area contributed by atoms with Crippen molar-refractivity contribution in [1.82, 2.24) is 10.4 Å². The summed E-state index contributed by atoms with van der Waals surface area (Å²) in [5, 5.41) is 11.6. The molecule has 8 nitrogen and oxygen atoms in total. The number of nitrogens with one attached hydrogen (secondary N) is 2. The van der Waals surface area contributed by atoms with Gasteiger partial charge in [0.25, 0.3) is 5.91 Å². The van der Waals surface area contributed by atoms with E-state index in [1.807, 2.05) is 6.92 Å². The number of carbonyl (C=O) groups excluding carboxylic acids is 2. The quantitative estimate of drug-likeness (QED) is 0.569. The average molecular weight is 371 g/mol. The van der Waals surface area contributed by atoms with Crippen LogP contribution in [0.1, 0.15) is 22.8 Å². The summed E-state index contributed by atoms with van der Waals surface area (Å²) in [6.07, 6.45) is 0. The lowest BCUT2D eigenvalue weighted by Crippen LogP contribution is -2.42. The summed E-state index contributed by atoms with van der Waals surface area (Å²) in [7, 11) is 1.58. The van der Waals surface area contributed by atoms with Crippen molar-refractivity contribution in [2.45, 2.75) is 19.5 Å². The number of rotatable bonds is 3. The Bertz CT molecular complexity index is 838. The van der Waals surface area contributed by atoms with Gasteiger partial charge in [-0.05, 0) is 43.3 Å². The number of nitrogens with zero attached hydrogens (tertiary/aromatic N) is 1. The van der Waals surface area contributed by atoms with E-state index in [1.54, 1.807) is 60.0 Å². The molecule has 27 heavy (non-hydrogen) atoms. The van der Waals surface area contributed by atoms with Crippen molar-refractivity contribution in [2.24, 2.45) is 0 Å². The third kappa shape index (κ3) is 4.12. The number of hydrogen-bond donors (Lipinski definition) is 3. The van der Waals surface area contributed by atoms with Gasteiger partial charge in [-0.1, -0.05) is 6.07 Å². The summed E-state index contributed by atoms with van der Waals surface area (Å²) in [6, 6.07) is 11.5. The molecule has 1 aliphatic heterocycles. The number of carbonyl (C=O) groups is 2. The molecule has 0 saturated carbocycles. The Hall–Kier alpha value is -3.26. The topological polar surface area (TPSA) is 100 Å². The number of anilines is 1. The molecule has 3 rings (SSSR count). The Balaban J connectivity index is 1.77. The fourth-order valence-corrected chi connectivity index (χ4v) is 2.81. The smallest absolute Gasteiger partial charge is 0.322 e. The zero-order valence-electron chi connectivity index (χ0n) is 15.1. The second-order valence-electron chi connectivity index (χ2n) is 6.21. The fraction of sp³-hybridized carbons (Fsp3) is 0.263. The maximum atomic E-state index is 12.7. The van der Waals surface area contributed by atoms with Crippen LogP contribution in [0.5, 0.6) is 11.5 Å². The molecule has 0 radical (unpaired) electrons. The molecule has 3 N–H and O–H groups in total. The number of ether oxygens (including phenoxy) is 2. The van der Waals surface area contributed by atoms with Crippen molar-refractivity contribution in [1.29, 1.82) is 0 Å². The van der Waals surface area contributed by atoms with E-state index in [0.717, 1.165) is 5.56 Å². The van der Waals surface area contributed by atoms with Crippen LogP contribution < -0.4 is 20.3 Å². The molecule has 8 heteroatoms. The van der Waals surface area contributed by atoms with Crippen molar-refractivity contribution in [3.8, 4) is 11.5 Å². The zero-order valence-corrected chi connectivity index (χ0v) is 15.1. The summed E-state index contributed by atoms with van der Waals surface area (Å²) in [4.78, 5) is 26.0. The van der Waals surface area contributed by atoms with E-state index < -0.39 is 5.91 Å². The first kappa shape index (κ1) is 18.5. The Kier molecular flexibility index (Phi) is 5.46. The van der Waals surface area contributed by atoms with Crippen molar-refractivity contribution >= 4 is 17.6 Å². The summed E-state index contributed by atoms with van der Waals surface area (Å²) in [5.74, 6) is 0.608. The number of hydrogen-bond acceptors (Lipinski definition) is 5. The van der Waals surface area contributed by atoms with E-state index in [9.17, 15) is 9.59 Å². The molecule has 3 amide bonds. The zero-order chi connectivity index (χ0) is 19.4. The molecule has 1 heterocycles. The third-order valence-corrected chi connectivity index (χ3v) is 4.39. The lowest BCUT2D eigenvalue weighted by molar-refractivity contribution is 0.0706. The molecule has 0 aromatic heterocycles. The molecule has 0 aliphatic carbocycles. The number of benzene rings is 2. The van der Waals surface area contributed by atoms with Crippen LogP contribution in [-0.2, 0) is 6.54 Å². The summed E-state index contributed by atoms with van der Waals surface area (Å²) < 4.78 is 10.9. The lowest BCUT2D eigenvalue weighted by Gasteiger charge is -2.26. The highest BCUT2D eigenvalue weighted by Gasteiger charge is 2.26. The Morgan fingerprint density at radius 2 is 1.96 bits per heavy atom. The minimum absolute atomic E-state index is 0.175. The van der Waals surface area contributed by atoms with Crippen LogP contribution in [0.2, 0.25) is 0 Å². The van der Waals surface area contributed by atoms with Crippen LogP contribution in [0.25, 0.3) is 0 Å². The van der Waals surface area contributed by atoms with E-state index in [-0.39, 0.29) is 24.2 Å². The molecule has 1 atom stereocenters. The number of methoxy groups -OCH3 is 1. The fourth-order valence-electron chi connectivity index (χ4n) is 2.81. The van der Waals surface area contributed by atoms with Gasteiger partial charge < -0.3 is 19.7 Å². The van der Waals surface area contributed by atoms with E-state index >= 15 is 0 Å². The SMILES string of the molecule is COc1ccc(NC(=O)N2Cc3ccc(C(=O)NO)cc3OCC2C)cc1. The van der Waals surface area contributed by atoms with Crippen LogP contribution in [-0.4, -0.2) is 41.8 Å². The summed E-state index contributed by atoms with van der Waals surface area (Å²) in [6.45, 7) is 2.51. The van der Waals surface area contributed by atoms with Gasteiger partial charge in [0.2, 0.25) is 0 Å². The largest absolute Gasteiger partial charge is 0.497 e. The van der Waals surface area contributed by atoms with Crippen molar-refractivity contribution in [3.05, 3.63) is 53.6 Å². The van der Waals surface area contributed by atoms with Gasteiger partial charge in [-0.2, -0.15) is 0 Å².